The molecule has 28 heavy (non-hydrogen) atoms. The first-order chi connectivity index (χ1) is 13.4. The summed E-state index contributed by atoms with van der Waals surface area (Å²) in [7, 11) is -3.35. The van der Waals surface area contributed by atoms with Crippen molar-refractivity contribution in [3.8, 4) is 10.6 Å². The topological polar surface area (TPSA) is 96.9 Å². The molecule has 0 unspecified atom stereocenters. The lowest BCUT2D eigenvalue weighted by molar-refractivity contribution is 0.598. The number of hydrogen-bond acceptors (Lipinski definition) is 7. The van der Waals surface area contributed by atoms with Gasteiger partial charge in [-0.25, -0.2) is 23.4 Å². The molecule has 0 saturated heterocycles. The van der Waals surface area contributed by atoms with Gasteiger partial charge in [-0.2, -0.15) is 0 Å². The molecule has 2 aromatic heterocycles. The van der Waals surface area contributed by atoms with Crippen molar-refractivity contribution in [2.75, 3.05) is 15.8 Å². The number of aromatic nitrogens is 3. The Hall–Kier alpha value is -2.52. The molecule has 0 fully saturated rings. The first kappa shape index (κ1) is 20.2. The van der Waals surface area contributed by atoms with Crippen LogP contribution >= 0.6 is 11.3 Å². The smallest absolute Gasteiger partial charge is 0.232 e. The zero-order valence-corrected chi connectivity index (χ0v) is 17.7. The Labute approximate surface area is 169 Å². The van der Waals surface area contributed by atoms with E-state index in [0.29, 0.717) is 23.7 Å². The number of hydrogen-bond donors (Lipinski definition) is 2. The van der Waals surface area contributed by atoms with Crippen LogP contribution in [0, 0.1) is 13.8 Å². The second kappa shape index (κ2) is 8.66. The highest BCUT2D eigenvalue weighted by Crippen LogP contribution is 2.29. The van der Waals surface area contributed by atoms with Crippen molar-refractivity contribution in [3.05, 3.63) is 47.2 Å². The molecule has 0 aliphatic heterocycles. The normalized spacial score (nSPS) is 11.4. The van der Waals surface area contributed by atoms with Gasteiger partial charge in [0.2, 0.25) is 16.0 Å². The maximum atomic E-state index is 12.1. The fourth-order valence-corrected chi connectivity index (χ4v) is 4.82. The first-order valence-electron chi connectivity index (χ1n) is 9.01. The molecule has 2 N–H and O–H groups in total. The lowest BCUT2D eigenvalue weighted by atomic mass is 10.3. The maximum Gasteiger partial charge on any atom is 0.232 e. The third-order valence-electron chi connectivity index (χ3n) is 3.95. The molecular weight excluding hydrogens is 394 g/mol. The lowest BCUT2D eigenvalue weighted by Gasteiger charge is -2.10. The third kappa shape index (κ3) is 5.26. The molecule has 148 valence electrons. The van der Waals surface area contributed by atoms with Gasteiger partial charge in [-0.3, -0.25) is 4.72 Å². The number of sulfonamides is 1. The van der Waals surface area contributed by atoms with Crippen molar-refractivity contribution < 1.29 is 8.42 Å². The summed E-state index contributed by atoms with van der Waals surface area (Å²) in [5, 5.41) is 4.13. The van der Waals surface area contributed by atoms with E-state index in [2.05, 4.69) is 25.0 Å². The summed E-state index contributed by atoms with van der Waals surface area (Å²) < 4.78 is 26.8. The van der Waals surface area contributed by atoms with Crippen LogP contribution in [0.3, 0.4) is 0 Å². The van der Waals surface area contributed by atoms with E-state index in [1.165, 1.54) is 0 Å². The van der Waals surface area contributed by atoms with E-state index in [1.807, 2.05) is 32.9 Å². The molecule has 1 aromatic carbocycles. The highest BCUT2D eigenvalue weighted by atomic mass is 32.2. The molecule has 0 spiro atoms. The van der Waals surface area contributed by atoms with Crippen molar-refractivity contribution in [1.29, 1.82) is 0 Å². The van der Waals surface area contributed by atoms with E-state index in [1.54, 1.807) is 35.7 Å². The van der Waals surface area contributed by atoms with Gasteiger partial charge in [-0.05, 0) is 44.5 Å². The maximum absolute atomic E-state index is 12.1. The van der Waals surface area contributed by atoms with Gasteiger partial charge in [0, 0.05) is 11.9 Å². The zero-order chi connectivity index (χ0) is 20.1. The minimum atomic E-state index is -3.35. The van der Waals surface area contributed by atoms with Crippen LogP contribution < -0.4 is 10.0 Å². The van der Waals surface area contributed by atoms with E-state index in [9.17, 15) is 8.42 Å². The van der Waals surface area contributed by atoms with Gasteiger partial charge in [0.05, 0.1) is 32.7 Å². The molecule has 3 aromatic rings. The SMILES string of the molecule is CCCCS(=O)(=O)Nc1cccc(Nc2nccc(-c3sc(C)nc3C)n2)c1. The number of nitrogens with zero attached hydrogens (tertiary/aromatic N) is 3. The molecule has 9 heteroatoms. The van der Waals surface area contributed by atoms with E-state index in [0.717, 1.165) is 27.7 Å². The third-order valence-corrected chi connectivity index (χ3v) is 6.42. The van der Waals surface area contributed by atoms with Crippen molar-refractivity contribution >= 4 is 38.7 Å². The lowest BCUT2D eigenvalue weighted by Crippen LogP contribution is -2.16. The van der Waals surface area contributed by atoms with Gasteiger partial charge in [-0.1, -0.05) is 19.4 Å². The van der Waals surface area contributed by atoms with Crippen molar-refractivity contribution in [1.82, 2.24) is 15.0 Å². The molecule has 3 rings (SSSR count). The second-order valence-electron chi connectivity index (χ2n) is 6.39. The van der Waals surface area contributed by atoms with Crippen LogP contribution in [-0.4, -0.2) is 29.1 Å². The highest BCUT2D eigenvalue weighted by molar-refractivity contribution is 7.92. The van der Waals surface area contributed by atoms with Crippen LogP contribution in [0.5, 0.6) is 0 Å². The molecule has 0 radical (unpaired) electrons. The van der Waals surface area contributed by atoms with Gasteiger partial charge < -0.3 is 5.32 Å². The molecule has 0 aliphatic rings. The number of unbranched alkanes of at least 4 members (excludes halogenated alkanes) is 1. The highest BCUT2D eigenvalue weighted by Gasteiger charge is 2.12. The van der Waals surface area contributed by atoms with Crippen LogP contribution in [0.4, 0.5) is 17.3 Å². The van der Waals surface area contributed by atoms with Gasteiger partial charge in [0.25, 0.3) is 0 Å². The summed E-state index contributed by atoms with van der Waals surface area (Å²) in [6.45, 7) is 5.89. The van der Waals surface area contributed by atoms with Crippen LogP contribution in [0.2, 0.25) is 0 Å². The summed E-state index contributed by atoms with van der Waals surface area (Å²) >= 11 is 1.59. The minimum absolute atomic E-state index is 0.111. The fourth-order valence-electron chi connectivity index (χ4n) is 2.67. The Balaban J connectivity index is 1.77. The number of nitrogens with one attached hydrogen (secondary N) is 2. The summed E-state index contributed by atoms with van der Waals surface area (Å²) in [5.41, 5.74) is 2.95. The zero-order valence-electron chi connectivity index (χ0n) is 16.1. The second-order valence-corrected chi connectivity index (χ2v) is 9.44. The molecule has 7 nitrogen and oxygen atoms in total. The molecule has 0 saturated carbocycles. The monoisotopic (exact) mass is 417 g/mol. The van der Waals surface area contributed by atoms with Gasteiger partial charge in [0.15, 0.2) is 0 Å². The van der Waals surface area contributed by atoms with Crippen molar-refractivity contribution in [3.63, 3.8) is 0 Å². The fraction of sp³-hybridized carbons (Fsp3) is 0.316. The predicted octanol–water partition coefficient (Wildman–Crippen LogP) is 4.50. The molecule has 0 amide bonds. The number of benzene rings is 1. The average molecular weight is 418 g/mol. The standard InChI is InChI=1S/C19H23N5O2S2/c1-4-5-11-28(25,26)24-16-8-6-7-15(12-16)22-19-20-10-9-17(23-19)18-13(2)21-14(3)27-18/h6-10,12,24H,4-5,11H2,1-3H3,(H,20,22,23). The molecule has 2 heterocycles. The first-order valence-corrected chi connectivity index (χ1v) is 11.5. The van der Waals surface area contributed by atoms with Crippen molar-refractivity contribution in [2.24, 2.45) is 0 Å². The molecular formula is C19H23N5O2S2. The number of aryl methyl sites for hydroxylation is 2. The van der Waals surface area contributed by atoms with Gasteiger partial charge in [-0.15, -0.1) is 11.3 Å². The molecule has 0 bridgehead atoms. The van der Waals surface area contributed by atoms with Gasteiger partial charge >= 0.3 is 0 Å². The molecule has 0 atom stereocenters. The summed E-state index contributed by atoms with van der Waals surface area (Å²) in [5.74, 6) is 0.550. The Bertz CT molecular complexity index is 1060. The number of thiazole rings is 1. The Morgan fingerprint density at radius 2 is 1.89 bits per heavy atom. The summed E-state index contributed by atoms with van der Waals surface area (Å²) in [6, 6.07) is 8.91. The van der Waals surface area contributed by atoms with Crippen molar-refractivity contribution in [2.45, 2.75) is 33.6 Å². The molecule has 0 aliphatic carbocycles. The van der Waals surface area contributed by atoms with Crippen LogP contribution in [0.1, 0.15) is 30.5 Å². The minimum Gasteiger partial charge on any atom is -0.324 e. The van der Waals surface area contributed by atoms with E-state index >= 15 is 0 Å². The van der Waals surface area contributed by atoms with Crippen LogP contribution in [-0.2, 0) is 10.0 Å². The van der Waals surface area contributed by atoms with Crippen LogP contribution in [0.25, 0.3) is 10.6 Å². The summed E-state index contributed by atoms with van der Waals surface area (Å²) in [6.07, 6.45) is 3.15. The van der Waals surface area contributed by atoms with E-state index in [4.69, 9.17) is 0 Å². The Kier molecular flexibility index (Phi) is 6.25. The van der Waals surface area contributed by atoms with Crippen LogP contribution in [0.15, 0.2) is 36.5 Å². The van der Waals surface area contributed by atoms with E-state index < -0.39 is 10.0 Å². The number of rotatable bonds is 8. The van der Waals surface area contributed by atoms with Gasteiger partial charge in [0.1, 0.15) is 0 Å². The largest absolute Gasteiger partial charge is 0.324 e. The quantitative estimate of drug-likeness (QED) is 0.560. The summed E-state index contributed by atoms with van der Waals surface area (Å²) in [4.78, 5) is 14.3. The Morgan fingerprint density at radius 1 is 1.11 bits per heavy atom. The Morgan fingerprint density at radius 3 is 2.61 bits per heavy atom. The predicted molar refractivity (Wildman–Crippen MR) is 115 cm³/mol. The number of anilines is 3. The van der Waals surface area contributed by atoms with E-state index in [-0.39, 0.29) is 5.75 Å². The average Bonchev–Trinajstić information content (AvgIpc) is 2.98.